The number of thiazole rings is 1. The van der Waals surface area contributed by atoms with E-state index in [0.29, 0.717) is 48.1 Å². The van der Waals surface area contributed by atoms with Crippen molar-refractivity contribution >= 4 is 34.3 Å². The van der Waals surface area contributed by atoms with Crippen molar-refractivity contribution in [3.63, 3.8) is 0 Å². The van der Waals surface area contributed by atoms with Gasteiger partial charge in [0.25, 0.3) is 5.91 Å². The van der Waals surface area contributed by atoms with Gasteiger partial charge < -0.3 is 19.1 Å². The normalized spacial score (nSPS) is 19.7. The number of esters is 1. The summed E-state index contributed by atoms with van der Waals surface area (Å²) in [5.74, 6) is 0.278. The number of anilines is 1. The summed E-state index contributed by atoms with van der Waals surface area (Å²) in [6.07, 6.45) is 3.72. The standard InChI is InChI=1S/C23H25N3O6S/c1-30-22(29)13-7-9-26(10-8-13)21(28)15-3-2-4-18-19(15)24-23(33-18)25-20(27)14-5-6-16-17(11-14)32-12-31-16/h5-6,11,13,15H,2-4,7-10,12H2,1H3,(H,24,25,27). The van der Waals surface area contributed by atoms with Crippen LogP contribution >= 0.6 is 11.3 Å². The Morgan fingerprint density at radius 2 is 1.94 bits per heavy atom. The maximum atomic E-state index is 13.3. The Hall–Kier alpha value is -3.14. The Balaban J connectivity index is 1.27. The molecule has 1 aliphatic carbocycles. The van der Waals surface area contributed by atoms with Crippen LogP contribution < -0.4 is 14.8 Å². The Morgan fingerprint density at radius 3 is 2.73 bits per heavy atom. The molecular formula is C23H25N3O6S. The molecule has 174 valence electrons. The molecule has 0 bridgehead atoms. The molecule has 1 fully saturated rings. The van der Waals surface area contributed by atoms with Crippen molar-refractivity contribution in [3.05, 3.63) is 34.3 Å². The van der Waals surface area contributed by atoms with Crippen LogP contribution in [0.25, 0.3) is 0 Å². The lowest BCUT2D eigenvalue weighted by atomic mass is 9.88. The minimum absolute atomic E-state index is 0.0539. The van der Waals surface area contributed by atoms with Crippen LogP contribution in [0, 0.1) is 5.92 Å². The van der Waals surface area contributed by atoms with E-state index in [9.17, 15) is 14.4 Å². The molecule has 0 spiro atoms. The lowest BCUT2D eigenvalue weighted by Gasteiger charge is -2.34. The van der Waals surface area contributed by atoms with E-state index in [1.807, 2.05) is 4.90 Å². The third kappa shape index (κ3) is 4.27. The minimum Gasteiger partial charge on any atom is -0.469 e. The van der Waals surface area contributed by atoms with Gasteiger partial charge in [0.2, 0.25) is 12.7 Å². The molecule has 0 saturated carbocycles. The summed E-state index contributed by atoms with van der Waals surface area (Å²) < 4.78 is 15.5. The van der Waals surface area contributed by atoms with E-state index < -0.39 is 0 Å². The average Bonchev–Trinajstić information content (AvgIpc) is 3.48. The zero-order chi connectivity index (χ0) is 22.9. The fraction of sp³-hybridized carbons (Fsp3) is 0.478. The van der Waals surface area contributed by atoms with Gasteiger partial charge in [0.15, 0.2) is 16.6 Å². The predicted octanol–water partition coefficient (Wildman–Crippen LogP) is 2.96. The molecule has 3 aliphatic rings. The summed E-state index contributed by atoms with van der Waals surface area (Å²) in [7, 11) is 1.40. The largest absolute Gasteiger partial charge is 0.469 e. The first-order valence-electron chi connectivity index (χ1n) is 11.1. The topological polar surface area (TPSA) is 107 Å². The summed E-state index contributed by atoms with van der Waals surface area (Å²) in [6, 6.07) is 5.04. The van der Waals surface area contributed by atoms with Crippen LogP contribution in [0.5, 0.6) is 11.5 Å². The first-order valence-corrected chi connectivity index (χ1v) is 11.9. The molecule has 1 aromatic carbocycles. The number of amides is 2. The molecule has 2 amide bonds. The number of likely N-dealkylation sites (tertiary alicyclic amines) is 1. The van der Waals surface area contributed by atoms with Crippen LogP contribution in [0.4, 0.5) is 5.13 Å². The zero-order valence-corrected chi connectivity index (χ0v) is 19.1. The quantitative estimate of drug-likeness (QED) is 0.683. The number of rotatable bonds is 4. The van der Waals surface area contributed by atoms with Crippen molar-refractivity contribution in [2.24, 2.45) is 5.92 Å². The molecule has 10 heteroatoms. The van der Waals surface area contributed by atoms with Crippen molar-refractivity contribution in [2.75, 3.05) is 32.3 Å². The van der Waals surface area contributed by atoms with Gasteiger partial charge in [-0.15, -0.1) is 11.3 Å². The van der Waals surface area contributed by atoms with E-state index in [0.717, 1.165) is 29.8 Å². The number of hydrogen-bond acceptors (Lipinski definition) is 8. The van der Waals surface area contributed by atoms with E-state index in [2.05, 4.69) is 10.3 Å². The highest BCUT2D eigenvalue weighted by Gasteiger charge is 2.36. The Labute approximate surface area is 195 Å². The highest BCUT2D eigenvalue weighted by molar-refractivity contribution is 7.16. The first kappa shape index (κ1) is 21.7. The van der Waals surface area contributed by atoms with Crippen molar-refractivity contribution in [1.82, 2.24) is 9.88 Å². The summed E-state index contributed by atoms with van der Waals surface area (Å²) >= 11 is 1.43. The van der Waals surface area contributed by atoms with Gasteiger partial charge in [-0.3, -0.25) is 19.7 Å². The lowest BCUT2D eigenvalue weighted by molar-refractivity contribution is -0.149. The van der Waals surface area contributed by atoms with E-state index >= 15 is 0 Å². The average molecular weight is 472 g/mol. The van der Waals surface area contributed by atoms with E-state index in [1.54, 1.807) is 18.2 Å². The smallest absolute Gasteiger partial charge is 0.308 e. The van der Waals surface area contributed by atoms with Crippen LogP contribution in [0.2, 0.25) is 0 Å². The van der Waals surface area contributed by atoms with Crippen LogP contribution in [0.1, 0.15) is 52.5 Å². The molecule has 1 atom stereocenters. The number of carbonyl (C=O) groups is 3. The molecule has 5 rings (SSSR count). The summed E-state index contributed by atoms with van der Waals surface area (Å²) in [6.45, 7) is 1.24. The van der Waals surface area contributed by atoms with Crippen LogP contribution in [-0.2, 0) is 20.7 Å². The molecule has 1 unspecified atom stereocenters. The summed E-state index contributed by atoms with van der Waals surface area (Å²) in [5, 5.41) is 3.36. The molecule has 1 N–H and O–H groups in total. The fourth-order valence-corrected chi connectivity index (χ4v) is 5.70. The number of methoxy groups -OCH3 is 1. The van der Waals surface area contributed by atoms with E-state index in [4.69, 9.17) is 14.2 Å². The SMILES string of the molecule is COC(=O)C1CCN(C(=O)C2CCCc3sc(NC(=O)c4ccc5c(c4)OCO5)nc32)CC1. The van der Waals surface area contributed by atoms with Crippen molar-refractivity contribution < 1.29 is 28.6 Å². The predicted molar refractivity (Wildman–Crippen MR) is 120 cm³/mol. The van der Waals surface area contributed by atoms with Crippen molar-refractivity contribution in [2.45, 2.75) is 38.0 Å². The Kier molecular flexibility index (Phi) is 5.92. The molecule has 9 nitrogen and oxygen atoms in total. The molecular weight excluding hydrogens is 446 g/mol. The maximum Gasteiger partial charge on any atom is 0.308 e. The molecule has 2 aliphatic heterocycles. The van der Waals surface area contributed by atoms with Gasteiger partial charge in [0.1, 0.15) is 0 Å². The highest BCUT2D eigenvalue weighted by atomic mass is 32.1. The molecule has 2 aromatic rings. The molecule has 1 saturated heterocycles. The number of aromatic nitrogens is 1. The van der Waals surface area contributed by atoms with E-state index in [-0.39, 0.29) is 36.4 Å². The Bertz CT molecular complexity index is 1090. The van der Waals surface area contributed by atoms with Gasteiger partial charge in [-0.2, -0.15) is 0 Å². The van der Waals surface area contributed by atoms with Crippen LogP contribution in [0.3, 0.4) is 0 Å². The van der Waals surface area contributed by atoms with Gasteiger partial charge >= 0.3 is 5.97 Å². The summed E-state index contributed by atoms with van der Waals surface area (Å²) in [5.41, 5.74) is 1.22. The van der Waals surface area contributed by atoms with Gasteiger partial charge in [0.05, 0.1) is 24.6 Å². The van der Waals surface area contributed by atoms with Gasteiger partial charge in [-0.05, 0) is 50.3 Å². The van der Waals surface area contributed by atoms with E-state index in [1.165, 1.54) is 18.4 Å². The van der Waals surface area contributed by atoms with Gasteiger partial charge in [-0.25, -0.2) is 4.98 Å². The number of nitrogens with one attached hydrogen (secondary N) is 1. The third-order valence-corrected chi connectivity index (χ3v) is 7.50. The second kappa shape index (κ2) is 9.01. The first-order chi connectivity index (χ1) is 16.0. The highest BCUT2D eigenvalue weighted by Crippen LogP contribution is 2.39. The van der Waals surface area contributed by atoms with Crippen LogP contribution in [-0.4, -0.2) is 54.7 Å². The monoisotopic (exact) mass is 471 g/mol. The number of carbonyl (C=O) groups excluding carboxylic acids is 3. The van der Waals surface area contributed by atoms with Crippen molar-refractivity contribution in [3.8, 4) is 11.5 Å². The number of ether oxygens (including phenoxy) is 3. The molecule has 3 heterocycles. The number of piperidine rings is 1. The Morgan fingerprint density at radius 1 is 1.15 bits per heavy atom. The number of benzene rings is 1. The third-order valence-electron chi connectivity index (χ3n) is 6.45. The second-order valence-corrected chi connectivity index (χ2v) is 9.50. The summed E-state index contributed by atoms with van der Waals surface area (Å²) in [4.78, 5) is 45.3. The van der Waals surface area contributed by atoms with Gasteiger partial charge in [0, 0.05) is 23.5 Å². The number of fused-ring (bicyclic) bond motifs is 2. The number of hydrogen-bond donors (Lipinski definition) is 1. The van der Waals surface area contributed by atoms with Gasteiger partial charge in [-0.1, -0.05) is 0 Å². The maximum absolute atomic E-state index is 13.3. The second-order valence-electron chi connectivity index (χ2n) is 8.42. The molecule has 0 radical (unpaired) electrons. The zero-order valence-electron chi connectivity index (χ0n) is 18.3. The minimum atomic E-state index is -0.309. The number of nitrogens with zero attached hydrogens (tertiary/aromatic N) is 2. The fourth-order valence-electron chi connectivity index (χ4n) is 4.64. The van der Waals surface area contributed by atoms with Crippen molar-refractivity contribution in [1.29, 1.82) is 0 Å². The molecule has 33 heavy (non-hydrogen) atoms. The lowest BCUT2D eigenvalue weighted by Crippen LogP contribution is -2.43. The molecule has 1 aromatic heterocycles. The van der Waals surface area contributed by atoms with Crippen LogP contribution in [0.15, 0.2) is 18.2 Å². The number of aryl methyl sites for hydroxylation is 1.